The Hall–Kier alpha value is -6.22. The lowest BCUT2D eigenvalue weighted by atomic mass is 10.1. The maximum atomic E-state index is 13.3. The Bertz CT molecular complexity index is 2600. The first-order valence-electron chi connectivity index (χ1n) is 21.5. The third-order valence-electron chi connectivity index (χ3n) is 11.3. The fraction of sp³-hybridized carbons (Fsp3) is 0.348. The largest absolute Gasteiger partial charge is 0.341 e. The molecule has 0 unspecified atom stereocenters. The number of hydrogen-bond acceptors (Lipinski definition) is 10. The molecular weight excluding hydrogens is 891 g/mol. The van der Waals surface area contributed by atoms with Gasteiger partial charge in [-0.05, 0) is 97.5 Å². The topological polar surface area (TPSA) is 194 Å². The minimum Gasteiger partial charge on any atom is -0.341 e. The number of carbonyl (C=O) groups is 2. The molecule has 2 N–H and O–H groups in total. The van der Waals surface area contributed by atoms with Crippen molar-refractivity contribution in [2.75, 3.05) is 38.7 Å². The Morgan fingerprint density at radius 2 is 0.894 bits per heavy atom. The Morgan fingerprint density at radius 3 is 1.21 bits per heavy atom. The SMILES string of the molecule is CS(=O)(=O)NC1CCN(C(=O)Cn2nc(-c3ccncc3)cc2Cc2ccc(F)cc2)CC1.CS(=O)(=O)NC1CCN(C(=O)Cn2nc(-c3ccncc3)cc2Cc2ccc(F)cc2)CC1. The number of nitrogens with zero attached hydrogens (tertiary/aromatic N) is 8. The molecule has 8 rings (SSSR count). The summed E-state index contributed by atoms with van der Waals surface area (Å²) in [5, 5.41) is 9.34. The van der Waals surface area contributed by atoms with Crippen molar-refractivity contribution in [2.24, 2.45) is 0 Å². The number of amides is 2. The molecule has 0 atom stereocenters. The van der Waals surface area contributed by atoms with E-state index in [9.17, 15) is 35.2 Å². The van der Waals surface area contributed by atoms with E-state index in [2.05, 4.69) is 29.6 Å². The Kier molecular flexibility index (Phi) is 15.5. The molecule has 6 aromatic rings. The summed E-state index contributed by atoms with van der Waals surface area (Å²) < 4.78 is 81.1. The van der Waals surface area contributed by atoms with Gasteiger partial charge in [-0.2, -0.15) is 10.2 Å². The van der Waals surface area contributed by atoms with Gasteiger partial charge in [-0.1, -0.05) is 24.3 Å². The Morgan fingerprint density at radius 1 is 0.561 bits per heavy atom. The van der Waals surface area contributed by atoms with Crippen LogP contribution in [0.5, 0.6) is 0 Å². The van der Waals surface area contributed by atoms with E-state index in [0.29, 0.717) is 64.7 Å². The molecule has 2 aromatic carbocycles. The number of carbonyl (C=O) groups excluding carboxylic acids is 2. The summed E-state index contributed by atoms with van der Waals surface area (Å²) in [5.41, 5.74) is 6.77. The van der Waals surface area contributed by atoms with E-state index in [1.807, 2.05) is 36.4 Å². The van der Waals surface area contributed by atoms with Crippen molar-refractivity contribution >= 4 is 31.9 Å². The molecule has 66 heavy (non-hydrogen) atoms. The molecule has 2 fully saturated rings. The van der Waals surface area contributed by atoms with Crippen molar-refractivity contribution < 1.29 is 35.2 Å². The quantitative estimate of drug-likeness (QED) is 0.158. The first kappa shape index (κ1) is 47.7. The Balaban J connectivity index is 0.000000196. The highest BCUT2D eigenvalue weighted by molar-refractivity contribution is 7.89. The first-order chi connectivity index (χ1) is 31.5. The van der Waals surface area contributed by atoms with Crippen LogP contribution in [0.3, 0.4) is 0 Å². The molecule has 20 heteroatoms. The number of benzene rings is 2. The van der Waals surface area contributed by atoms with Crippen molar-refractivity contribution in [3.63, 3.8) is 0 Å². The van der Waals surface area contributed by atoms with Gasteiger partial charge in [0, 0.05) is 98.4 Å². The maximum absolute atomic E-state index is 13.3. The van der Waals surface area contributed by atoms with Crippen LogP contribution in [0.1, 0.15) is 48.2 Å². The second kappa shape index (κ2) is 21.4. The second-order valence-corrected chi connectivity index (χ2v) is 20.1. The third-order valence-corrected chi connectivity index (χ3v) is 12.8. The molecule has 2 aliphatic heterocycles. The van der Waals surface area contributed by atoms with Crippen molar-refractivity contribution in [1.29, 1.82) is 0 Å². The number of pyridine rings is 2. The van der Waals surface area contributed by atoms with Crippen molar-refractivity contribution in [3.05, 3.63) is 144 Å². The number of hydrogen-bond donors (Lipinski definition) is 2. The highest BCUT2D eigenvalue weighted by Gasteiger charge is 2.27. The monoisotopic (exact) mass is 942 g/mol. The molecule has 0 aliphatic carbocycles. The van der Waals surface area contributed by atoms with Crippen LogP contribution in [0, 0.1) is 11.6 Å². The van der Waals surface area contributed by atoms with E-state index in [0.717, 1.165) is 57.5 Å². The van der Waals surface area contributed by atoms with E-state index >= 15 is 0 Å². The molecule has 2 saturated heterocycles. The molecule has 2 aliphatic rings. The molecular formula is C46H52F2N10O6S2. The number of likely N-dealkylation sites (tertiary alicyclic amines) is 2. The van der Waals surface area contributed by atoms with Gasteiger partial charge in [-0.25, -0.2) is 35.1 Å². The zero-order chi connectivity index (χ0) is 46.8. The smallest absolute Gasteiger partial charge is 0.244 e. The fourth-order valence-electron chi connectivity index (χ4n) is 7.97. The lowest BCUT2D eigenvalue weighted by Gasteiger charge is -2.32. The number of halogens is 2. The summed E-state index contributed by atoms with van der Waals surface area (Å²) in [5.74, 6) is -0.738. The molecule has 4 aromatic heterocycles. The lowest BCUT2D eigenvalue weighted by Crippen LogP contribution is -2.47. The van der Waals surface area contributed by atoms with Gasteiger partial charge in [0.1, 0.15) is 24.7 Å². The van der Waals surface area contributed by atoms with E-state index in [4.69, 9.17) is 0 Å². The van der Waals surface area contributed by atoms with E-state index in [-0.39, 0.29) is 48.6 Å². The lowest BCUT2D eigenvalue weighted by molar-refractivity contribution is -0.134. The van der Waals surface area contributed by atoms with Crippen molar-refractivity contribution in [3.8, 4) is 22.5 Å². The van der Waals surface area contributed by atoms with E-state index in [1.165, 1.54) is 24.3 Å². The fourth-order valence-corrected chi connectivity index (χ4v) is 9.66. The van der Waals surface area contributed by atoms with Crippen molar-refractivity contribution in [1.82, 2.24) is 48.8 Å². The molecule has 348 valence electrons. The molecule has 0 radical (unpaired) electrons. The van der Waals surface area contributed by atoms with Crippen LogP contribution in [0.2, 0.25) is 0 Å². The second-order valence-electron chi connectivity index (χ2n) is 16.5. The van der Waals surface area contributed by atoms with Crippen LogP contribution in [0.15, 0.2) is 110 Å². The van der Waals surface area contributed by atoms with Gasteiger partial charge >= 0.3 is 0 Å². The number of nitrogens with one attached hydrogen (secondary N) is 2. The molecule has 2 amide bonds. The maximum Gasteiger partial charge on any atom is 0.244 e. The van der Waals surface area contributed by atoms with Crippen LogP contribution in [0.4, 0.5) is 8.78 Å². The molecule has 0 saturated carbocycles. The zero-order valence-corrected chi connectivity index (χ0v) is 38.3. The van der Waals surface area contributed by atoms with Gasteiger partial charge in [0.05, 0.1) is 23.9 Å². The number of rotatable bonds is 14. The van der Waals surface area contributed by atoms with Crippen LogP contribution in [-0.2, 0) is 55.6 Å². The van der Waals surface area contributed by atoms with Crippen LogP contribution in [0.25, 0.3) is 22.5 Å². The predicted octanol–water partition coefficient (Wildman–Crippen LogP) is 4.43. The summed E-state index contributed by atoms with van der Waals surface area (Å²) in [6, 6.07) is 23.6. The van der Waals surface area contributed by atoms with Gasteiger partial charge in [0.25, 0.3) is 0 Å². The highest BCUT2D eigenvalue weighted by Crippen LogP contribution is 2.23. The summed E-state index contributed by atoms with van der Waals surface area (Å²) in [4.78, 5) is 37.6. The molecule has 16 nitrogen and oxygen atoms in total. The number of sulfonamides is 2. The minimum atomic E-state index is -3.27. The van der Waals surface area contributed by atoms with Gasteiger partial charge in [0.2, 0.25) is 31.9 Å². The van der Waals surface area contributed by atoms with Gasteiger partial charge in [-0.3, -0.25) is 28.9 Å². The third kappa shape index (κ3) is 13.9. The van der Waals surface area contributed by atoms with Crippen LogP contribution in [-0.4, -0.2) is 119 Å². The zero-order valence-electron chi connectivity index (χ0n) is 36.6. The summed E-state index contributed by atoms with van der Waals surface area (Å²) >= 11 is 0. The number of piperidine rings is 2. The number of aromatic nitrogens is 6. The molecule has 0 bridgehead atoms. The predicted molar refractivity (Wildman–Crippen MR) is 244 cm³/mol. The van der Waals surface area contributed by atoms with Crippen molar-refractivity contribution in [2.45, 2.75) is 63.7 Å². The summed E-state index contributed by atoms with van der Waals surface area (Å²) in [6.45, 7) is 2.09. The molecule has 6 heterocycles. The van der Waals surface area contributed by atoms with Gasteiger partial charge < -0.3 is 9.80 Å². The average Bonchev–Trinajstić information content (AvgIpc) is 3.88. The highest BCUT2D eigenvalue weighted by atomic mass is 32.2. The van der Waals surface area contributed by atoms with Gasteiger partial charge in [-0.15, -0.1) is 0 Å². The van der Waals surface area contributed by atoms with E-state index in [1.54, 1.807) is 68.2 Å². The first-order valence-corrected chi connectivity index (χ1v) is 25.2. The summed E-state index contributed by atoms with van der Waals surface area (Å²) in [7, 11) is -6.53. The molecule has 0 spiro atoms. The Labute approximate surface area is 383 Å². The van der Waals surface area contributed by atoms with E-state index < -0.39 is 20.0 Å². The summed E-state index contributed by atoms with van der Waals surface area (Å²) in [6.07, 6.45) is 12.3. The minimum absolute atomic E-state index is 0.0717. The van der Waals surface area contributed by atoms with Crippen LogP contribution >= 0.6 is 0 Å². The van der Waals surface area contributed by atoms with Gasteiger partial charge in [0.15, 0.2) is 0 Å². The average molecular weight is 943 g/mol. The normalized spacial score (nSPS) is 15.0. The standard InChI is InChI=1S/2C23H26FN5O3S/c2*1-33(31,32)27-20-8-12-28(13-9-20)23(30)16-29-21(14-17-2-4-19(24)5-3-17)15-22(26-29)18-6-10-25-11-7-18/h2*2-7,10-11,15,20,27H,8-9,12-14,16H2,1H3. The van der Waals surface area contributed by atoms with Crippen LogP contribution < -0.4 is 9.44 Å².